The van der Waals surface area contributed by atoms with Crippen LogP contribution in [0.25, 0.3) is 0 Å². The van der Waals surface area contributed by atoms with Crippen molar-refractivity contribution < 1.29 is 9.53 Å². The third-order valence-electron chi connectivity index (χ3n) is 3.20. The number of hydrogen-bond acceptors (Lipinski definition) is 3. The largest absolute Gasteiger partial charge is 0.444 e. The SMILES string of the molecule is CCCC(CCC)Nc1ccccc1NC(=O)OC(C)(C)C. The van der Waals surface area contributed by atoms with Gasteiger partial charge >= 0.3 is 6.09 Å². The Kier molecular flexibility index (Phi) is 7.22. The van der Waals surface area contributed by atoms with Crippen molar-refractivity contribution in [1.29, 1.82) is 0 Å². The normalized spacial score (nSPS) is 11.4. The van der Waals surface area contributed by atoms with Crippen LogP contribution in [0.2, 0.25) is 0 Å². The monoisotopic (exact) mass is 306 g/mol. The molecule has 0 saturated heterocycles. The average molecular weight is 306 g/mol. The fourth-order valence-electron chi connectivity index (χ4n) is 2.34. The van der Waals surface area contributed by atoms with Crippen LogP contribution in [0.15, 0.2) is 24.3 Å². The number of anilines is 2. The van der Waals surface area contributed by atoms with Crippen LogP contribution in [-0.2, 0) is 4.74 Å². The van der Waals surface area contributed by atoms with E-state index in [1.807, 2.05) is 45.0 Å². The molecule has 124 valence electrons. The van der Waals surface area contributed by atoms with E-state index in [-0.39, 0.29) is 0 Å². The van der Waals surface area contributed by atoms with Gasteiger partial charge in [-0.2, -0.15) is 0 Å². The van der Waals surface area contributed by atoms with E-state index in [1.165, 1.54) is 0 Å². The van der Waals surface area contributed by atoms with Gasteiger partial charge in [-0.3, -0.25) is 5.32 Å². The first-order chi connectivity index (χ1) is 10.4. The van der Waals surface area contributed by atoms with Crippen LogP contribution in [0.4, 0.5) is 16.2 Å². The van der Waals surface area contributed by atoms with Crippen molar-refractivity contribution in [3.8, 4) is 0 Å². The number of hydrogen-bond donors (Lipinski definition) is 2. The molecule has 0 bridgehead atoms. The molecule has 1 rings (SSSR count). The van der Waals surface area contributed by atoms with Gasteiger partial charge in [-0.05, 0) is 45.7 Å². The Morgan fingerprint density at radius 1 is 1.09 bits per heavy atom. The molecule has 22 heavy (non-hydrogen) atoms. The standard InChI is InChI=1S/C18H30N2O2/c1-6-10-14(11-7-2)19-15-12-8-9-13-16(15)20-17(21)22-18(3,4)5/h8-9,12-14,19H,6-7,10-11H2,1-5H3,(H,20,21). The van der Waals surface area contributed by atoms with Crippen molar-refractivity contribution in [2.75, 3.05) is 10.6 Å². The number of carbonyl (C=O) groups excluding carboxylic acids is 1. The summed E-state index contributed by atoms with van der Waals surface area (Å²) in [6.45, 7) is 9.95. The minimum absolute atomic E-state index is 0.427. The first kappa shape index (κ1) is 18.3. The number of benzene rings is 1. The van der Waals surface area contributed by atoms with Crippen molar-refractivity contribution in [3.05, 3.63) is 24.3 Å². The Bertz CT molecular complexity index is 460. The number of rotatable bonds is 7. The lowest BCUT2D eigenvalue weighted by Gasteiger charge is -2.23. The van der Waals surface area contributed by atoms with Crippen molar-refractivity contribution in [1.82, 2.24) is 0 Å². The van der Waals surface area contributed by atoms with Gasteiger partial charge in [0.15, 0.2) is 0 Å². The number of nitrogens with one attached hydrogen (secondary N) is 2. The maximum Gasteiger partial charge on any atom is 0.412 e. The van der Waals surface area contributed by atoms with Crippen molar-refractivity contribution >= 4 is 17.5 Å². The highest BCUT2D eigenvalue weighted by atomic mass is 16.6. The molecule has 0 radical (unpaired) electrons. The second kappa shape index (κ2) is 8.66. The molecule has 0 aliphatic carbocycles. The van der Waals surface area contributed by atoms with Gasteiger partial charge in [-0.25, -0.2) is 4.79 Å². The smallest absolute Gasteiger partial charge is 0.412 e. The predicted octanol–water partition coefficient (Wildman–Crippen LogP) is 5.41. The maximum atomic E-state index is 12.0. The molecule has 0 heterocycles. The lowest BCUT2D eigenvalue weighted by molar-refractivity contribution is 0.0636. The number of amides is 1. The Morgan fingerprint density at radius 3 is 2.14 bits per heavy atom. The van der Waals surface area contributed by atoms with Crippen LogP contribution in [0.5, 0.6) is 0 Å². The van der Waals surface area contributed by atoms with E-state index in [0.29, 0.717) is 6.04 Å². The van der Waals surface area contributed by atoms with E-state index in [0.717, 1.165) is 37.1 Å². The molecule has 0 atom stereocenters. The average Bonchev–Trinajstić information content (AvgIpc) is 2.39. The Morgan fingerprint density at radius 2 is 1.64 bits per heavy atom. The summed E-state index contributed by atoms with van der Waals surface area (Å²) in [5.74, 6) is 0. The van der Waals surface area contributed by atoms with E-state index in [9.17, 15) is 4.79 Å². The van der Waals surface area contributed by atoms with Gasteiger partial charge in [0, 0.05) is 6.04 Å². The van der Waals surface area contributed by atoms with Gasteiger partial charge in [0.25, 0.3) is 0 Å². The minimum Gasteiger partial charge on any atom is -0.444 e. The van der Waals surface area contributed by atoms with E-state index in [4.69, 9.17) is 4.74 Å². The summed E-state index contributed by atoms with van der Waals surface area (Å²) >= 11 is 0. The van der Waals surface area contributed by atoms with Gasteiger partial charge in [0.2, 0.25) is 0 Å². The molecule has 2 N–H and O–H groups in total. The summed E-state index contributed by atoms with van der Waals surface area (Å²) in [5, 5.41) is 6.38. The lowest BCUT2D eigenvalue weighted by Crippen LogP contribution is -2.28. The molecule has 4 nitrogen and oxygen atoms in total. The lowest BCUT2D eigenvalue weighted by atomic mass is 10.1. The fraction of sp³-hybridized carbons (Fsp3) is 0.611. The van der Waals surface area contributed by atoms with Crippen molar-refractivity contribution in [3.63, 3.8) is 0 Å². The molecular weight excluding hydrogens is 276 g/mol. The zero-order chi connectivity index (χ0) is 16.6. The predicted molar refractivity (Wildman–Crippen MR) is 93.5 cm³/mol. The molecule has 1 amide bonds. The molecule has 0 aromatic heterocycles. The molecular formula is C18H30N2O2. The van der Waals surface area contributed by atoms with E-state index in [2.05, 4.69) is 24.5 Å². The zero-order valence-electron chi connectivity index (χ0n) is 14.5. The topological polar surface area (TPSA) is 50.4 Å². The van der Waals surface area contributed by atoms with Crippen LogP contribution in [0, 0.1) is 0 Å². The van der Waals surface area contributed by atoms with Gasteiger partial charge in [0.05, 0.1) is 11.4 Å². The highest BCUT2D eigenvalue weighted by Gasteiger charge is 2.17. The van der Waals surface area contributed by atoms with E-state index >= 15 is 0 Å². The third kappa shape index (κ3) is 6.83. The molecule has 0 fully saturated rings. The summed E-state index contributed by atoms with van der Waals surface area (Å²) in [5.41, 5.74) is 1.20. The number of para-hydroxylation sites is 2. The molecule has 0 saturated carbocycles. The van der Waals surface area contributed by atoms with E-state index < -0.39 is 11.7 Å². The summed E-state index contributed by atoms with van der Waals surface area (Å²) < 4.78 is 5.32. The van der Waals surface area contributed by atoms with E-state index in [1.54, 1.807) is 0 Å². The fourth-order valence-corrected chi connectivity index (χ4v) is 2.34. The maximum absolute atomic E-state index is 12.0. The van der Waals surface area contributed by atoms with Gasteiger partial charge in [-0.15, -0.1) is 0 Å². The number of carbonyl (C=O) groups is 1. The first-order valence-corrected chi connectivity index (χ1v) is 8.21. The quantitative estimate of drug-likeness (QED) is 0.707. The molecule has 0 spiro atoms. The number of ether oxygens (including phenoxy) is 1. The summed E-state index contributed by atoms with van der Waals surface area (Å²) in [6, 6.07) is 8.19. The Labute approximate surface area is 134 Å². The summed E-state index contributed by atoms with van der Waals surface area (Å²) in [4.78, 5) is 12.0. The molecule has 0 aliphatic rings. The van der Waals surface area contributed by atoms with Crippen molar-refractivity contribution in [2.45, 2.75) is 71.9 Å². The van der Waals surface area contributed by atoms with Crippen LogP contribution < -0.4 is 10.6 Å². The molecule has 0 aliphatic heterocycles. The van der Waals surface area contributed by atoms with Gasteiger partial charge in [0.1, 0.15) is 5.60 Å². The van der Waals surface area contributed by atoms with Crippen LogP contribution >= 0.6 is 0 Å². The van der Waals surface area contributed by atoms with Crippen molar-refractivity contribution in [2.24, 2.45) is 0 Å². The molecule has 1 aromatic rings. The summed E-state index contributed by atoms with van der Waals surface area (Å²) in [7, 11) is 0. The van der Waals surface area contributed by atoms with Crippen LogP contribution in [-0.4, -0.2) is 17.7 Å². The minimum atomic E-state index is -0.501. The second-order valence-corrected chi connectivity index (χ2v) is 6.59. The third-order valence-corrected chi connectivity index (χ3v) is 3.20. The van der Waals surface area contributed by atoms with Crippen LogP contribution in [0.1, 0.15) is 60.3 Å². The Balaban J connectivity index is 2.78. The van der Waals surface area contributed by atoms with Gasteiger partial charge in [-0.1, -0.05) is 38.8 Å². The van der Waals surface area contributed by atoms with Crippen LogP contribution in [0.3, 0.4) is 0 Å². The zero-order valence-corrected chi connectivity index (χ0v) is 14.5. The molecule has 1 aromatic carbocycles. The first-order valence-electron chi connectivity index (χ1n) is 8.21. The Hall–Kier alpha value is -1.71. The molecule has 0 unspecified atom stereocenters. The summed E-state index contributed by atoms with van der Waals surface area (Å²) in [6.07, 6.45) is 4.09. The highest BCUT2D eigenvalue weighted by molar-refractivity contribution is 5.89. The second-order valence-electron chi connectivity index (χ2n) is 6.59. The highest BCUT2D eigenvalue weighted by Crippen LogP contribution is 2.24. The molecule has 4 heteroatoms. The van der Waals surface area contributed by atoms with Gasteiger partial charge < -0.3 is 10.1 Å².